The molecule has 1 saturated heterocycles. The van der Waals surface area contributed by atoms with Gasteiger partial charge in [-0.05, 0) is 61.2 Å². The third kappa shape index (κ3) is 4.81. The first-order valence-corrected chi connectivity index (χ1v) is 13.2. The highest BCUT2D eigenvalue weighted by Crippen LogP contribution is 2.39. The molecule has 0 unspecified atom stereocenters. The van der Waals surface area contributed by atoms with Gasteiger partial charge in [0.1, 0.15) is 5.75 Å². The molecule has 0 spiro atoms. The van der Waals surface area contributed by atoms with Crippen LogP contribution in [0.2, 0.25) is 0 Å². The van der Waals surface area contributed by atoms with Crippen molar-refractivity contribution in [3.05, 3.63) is 77.9 Å². The van der Waals surface area contributed by atoms with E-state index in [0.29, 0.717) is 22.1 Å². The first-order chi connectivity index (χ1) is 17.0. The summed E-state index contributed by atoms with van der Waals surface area (Å²) in [6.45, 7) is 4.42. The summed E-state index contributed by atoms with van der Waals surface area (Å²) in [5, 5.41) is 0. The first kappa shape index (κ1) is 23.5. The Morgan fingerprint density at radius 1 is 0.971 bits per heavy atom. The largest absolute Gasteiger partial charge is 0.497 e. The van der Waals surface area contributed by atoms with E-state index in [0.717, 1.165) is 43.8 Å². The van der Waals surface area contributed by atoms with Gasteiger partial charge in [-0.3, -0.25) is 9.21 Å². The van der Waals surface area contributed by atoms with Crippen molar-refractivity contribution in [2.75, 3.05) is 31.3 Å². The lowest BCUT2D eigenvalue weighted by molar-refractivity contribution is 0.174. The maximum Gasteiger partial charge on any atom is 0.264 e. The van der Waals surface area contributed by atoms with Crippen molar-refractivity contribution >= 4 is 15.7 Å². The summed E-state index contributed by atoms with van der Waals surface area (Å²) in [5.41, 5.74) is 2.55. The third-order valence-corrected chi connectivity index (χ3v) is 8.74. The van der Waals surface area contributed by atoms with Crippen molar-refractivity contribution in [1.82, 2.24) is 4.90 Å². The van der Waals surface area contributed by atoms with Crippen LogP contribution >= 0.6 is 0 Å². The molecule has 0 bridgehead atoms. The molecule has 7 nitrogen and oxygen atoms in total. The van der Waals surface area contributed by atoms with Crippen LogP contribution < -0.4 is 18.5 Å². The Labute approximate surface area is 206 Å². The molecule has 0 aliphatic carbocycles. The predicted molar refractivity (Wildman–Crippen MR) is 135 cm³/mol. The van der Waals surface area contributed by atoms with Gasteiger partial charge in [0.2, 0.25) is 6.79 Å². The fourth-order valence-electron chi connectivity index (χ4n) is 4.82. The third-order valence-electron chi connectivity index (χ3n) is 6.70. The standard InChI is InChI=1S/C27H30N2O5S/c1-20-5-3-4-6-27(20)35(30,31)29(23-9-12-25-26(17-23)34-19-33-25)22-13-15-28(16-14-22)18-21-7-10-24(32-2)11-8-21/h3-12,17,22H,13-16,18-19H2,1-2H3. The van der Waals surface area contributed by atoms with Gasteiger partial charge in [0, 0.05) is 31.7 Å². The minimum Gasteiger partial charge on any atom is -0.497 e. The molecule has 2 heterocycles. The number of aryl methyl sites for hydroxylation is 1. The molecule has 8 heteroatoms. The molecule has 0 N–H and O–H groups in total. The molecular formula is C27H30N2O5S. The topological polar surface area (TPSA) is 68.3 Å². The van der Waals surface area contributed by atoms with Gasteiger partial charge in [-0.15, -0.1) is 0 Å². The Morgan fingerprint density at radius 3 is 2.40 bits per heavy atom. The molecule has 5 rings (SSSR count). The molecule has 0 saturated carbocycles. The number of piperidine rings is 1. The molecular weight excluding hydrogens is 464 g/mol. The van der Waals surface area contributed by atoms with Crippen LogP contribution in [0, 0.1) is 6.92 Å². The van der Waals surface area contributed by atoms with Gasteiger partial charge in [-0.2, -0.15) is 0 Å². The lowest BCUT2D eigenvalue weighted by Crippen LogP contribution is -2.47. The van der Waals surface area contributed by atoms with Crippen LogP contribution in [0.25, 0.3) is 0 Å². The molecule has 2 aliphatic heterocycles. The summed E-state index contributed by atoms with van der Waals surface area (Å²) in [7, 11) is -2.12. The smallest absolute Gasteiger partial charge is 0.264 e. The zero-order valence-corrected chi connectivity index (χ0v) is 20.8. The van der Waals surface area contributed by atoms with E-state index < -0.39 is 10.0 Å². The number of benzene rings is 3. The van der Waals surface area contributed by atoms with Gasteiger partial charge < -0.3 is 14.2 Å². The average molecular weight is 495 g/mol. The fourth-order valence-corrected chi connectivity index (χ4v) is 6.75. The minimum atomic E-state index is -3.78. The number of likely N-dealkylation sites (tertiary alicyclic amines) is 1. The van der Waals surface area contributed by atoms with Gasteiger partial charge in [-0.25, -0.2) is 8.42 Å². The Kier molecular flexibility index (Phi) is 6.58. The number of rotatable bonds is 7. The Balaban J connectivity index is 1.40. The van der Waals surface area contributed by atoms with Crippen LogP contribution in [0.15, 0.2) is 71.6 Å². The number of nitrogens with zero attached hydrogens (tertiary/aromatic N) is 2. The predicted octanol–water partition coefficient (Wildman–Crippen LogP) is 4.59. The van der Waals surface area contributed by atoms with E-state index in [-0.39, 0.29) is 12.8 Å². The highest BCUT2D eigenvalue weighted by molar-refractivity contribution is 7.93. The zero-order valence-electron chi connectivity index (χ0n) is 20.0. The minimum absolute atomic E-state index is 0.146. The number of ether oxygens (including phenoxy) is 3. The summed E-state index contributed by atoms with van der Waals surface area (Å²) < 4.78 is 45.9. The number of methoxy groups -OCH3 is 1. The Hall–Kier alpha value is -3.23. The quantitative estimate of drug-likeness (QED) is 0.479. The molecule has 0 radical (unpaired) electrons. The van der Waals surface area contributed by atoms with Crippen LogP contribution in [0.5, 0.6) is 17.2 Å². The Morgan fingerprint density at radius 2 is 1.69 bits per heavy atom. The Bertz CT molecular complexity index is 1290. The van der Waals surface area contributed by atoms with Gasteiger partial charge >= 0.3 is 0 Å². The highest BCUT2D eigenvalue weighted by Gasteiger charge is 2.35. The van der Waals surface area contributed by atoms with Gasteiger partial charge in [0.15, 0.2) is 11.5 Å². The number of sulfonamides is 1. The van der Waals surface area contributed by atoms with Gasteiger partial charge in [0.25, 0.3) is 10.0 Å². The van der Waals surface area contributed by atoms with Crippen LogP contribution in [0.4, 0.5) is 5.69 Å². The second kappa shape index (κ2) is 9.79. The maximum atomic E-state index is 14.0. The normalized spacial score (nSPS) is 16.3. The molecule has 184 valence electrons. The summed E-state index contributed by atoms with van der Waals surface area (Å²) in [4.78, 5) is 2.70. The van der Waals surface area contributed by atoms with E-state index in [1.165, 1.54) is 5.56 Å². The maximum absolute atomic E-state index is 14.0. The van der Waals surface area contributed by atoms with Gasteiger partial charge in [-0.1, -0.05) is 30.3 Å². The molecule has 0 atom stereocenters. The van der Waals surface area contributed by atoms with Gasteiger partial charge in [0.05, 0.1) is 17.7 Å². The van der Waals surface area contributed by atoms with Crippen molar-refractivity contribution in [1.29, 1.82) is 0 Å². The molecule has 0 amide bonds. The van der Waals surface area contributed by atoms with E-state index in [2.05, 4.69) is 17.0 Å². The second-order valence-electron chi connectivity index (χ2n) is 8.96. The van der Waals surface area contributed by atoms with Crippen LogP contribution in [-0.4, -0.2) is 46.4 Å². The number of hydrogen-bond acceptors (Lipinski definition) is 6. The number of anilines is 1. The zero-order chi connectivity index (χ0) is 24.4. The second-order valence-corrected chi connectivity index (χ2v) is 10.7. The summed E-state index contributed by atoms with van der Waals surface area (Å²) in [5.74, 6) is 2.05. The number of hydrogen-bond donors (Lipinski definition) is 0. The molecule has 0 aromatic heterocycles. The van der Waals surface area contributed by atoms with Crippen molar-refractivity contribution < 1.29 is 22.6 Å². The summed E-state index contributed by atoms with van der Waals surface area (Å²) in [6.07, 6.45) is 1.46. The van der Waals surface area contributed by atoms with Crippen molar-refractivity contribution in [3.63, 3.8) is 0 Å². The molecule has 35 heavy (non-hydrogen) atoms. The van der Waals surface area contributed by atoms with Crippen LogP contribution in [0.3, 0.4) is 0 Å². The monoisotopic (exact) mass is 494 g/mol. The SMILES string of the molecule is COc1ccc(CN2CCC(N(c3ccc4c(c3)OCO4)S(=O)(=O)c3ccccc3C)CC2)cc1. The number of fused-ring (bicyclic) bond motifs is 1. The molecule has 3 aromatic rings. The lowest BCUT2D eigenvalue weighted by atomic mass is 10.0. The highest BCUT2D eigenvalue weighted by atomic mass is 32.2. The summed E-state index contributed by atoms with van der Waals surface area (Å²) >= 11 is 0. The van der Waals surface area contributed by atoms with Crippen molar-refractivity contribution in [2.45, 2.75) is 37.2 Å². The lowest BCUT2D eigenvalue weighted by Gasteiger charge is -2.39. The summed E-state index contributed by atoms with van der Waals surface area (Å²) in [6, 6.07) is 20.5. The molecule has 1 fully saturated rings. The van der Waals surface area contributed by atoms with E-state index in [9.17, 15) is 8.42 Å². The molecule has 2 aliphatic rings. The van der Waals surface area contributed by atoms with E-state index >= 15 is 0 Å². The van der Waals surface area contributed by atoms with Crippen molar-refractivity contribution in [2.24, 2.45) is 0 Å². The van der Waals surface area contributed by atoms with Crippen LogP contribution in [0.1, 0.15) is 24.0 Å². The van der Waals surface area contributed by atoms with E-state index in [4.69, 9.17) is 14.2 Å². The van der Waals surface area contributed by atoms with Crippen molar-refractivity contribution in [3.8, 4) is 17.2 Å². The van der Waals surface area contributed by atoms with E-state index in [1.54, 1.807) is 35.7 Å². The fraction of sp³-hybridized carbons (Fsp3) is 0.333. The first-order valence-electron chi connectivity index (χ1n) is 11.8. The average Bonchev–Trinajstić information content (AvgIpc) is 3.34. The molecule has 3 aromatic carbocycles. The van der Waals surface area contributed by atoms with Crippen LogP contribution in [-0.2, 0) is 16.6 Å². The van der Waals surface area contributed by atoms with E-state index in [1.807, 2.05) is 37.3 Å².